The summed E-state index contributed by atoms with van der Waals surface area (Å²) in [4.78, 5) is 7.40. The standard InChI is InChI=1S/C24H39N7O.HI/c1-19-28-29-22(30(19)4)17-26-23(25-14-13-20-9-11-21(32-5)12-10-20)27-18-24(2,3)31-15-7-6-8-16-31;/h9-12H,6-8,13-18H2,1-5H3,(H2,25,26,27);1H. The number of hydrogen-bond acceptors (Lipinski definition) is 5. The molecule has 9 heteroatoms. The minimum Gasteiger partial charge on any atom is -0.497 e. The third kappa shape index (κ3) is 8.13. The lowest BCUT2D eigenvalue weighted by molar-refractivity contribution is 0.0982. The van der Waals surface area contributed by atoms with E-state index in [9.17, 15) is 0 Å². The molecule has 8 nitrogen and oxygen atoms in total. The van der Waals surface area contributed by atoms with E-state index in [0.29, 0.717) is 6.54 Å². The number of likely N-dealkylation sites (tertiary alicyclic amines) is 1. The topological polar surface area (TPSA) is 79.6 Å². The monoisotopic (exact) mass is 569 g/mol. The maximum Gasteiger partial charge on any atom is 0.191 e. The molecule has 2 N–H and O–H groups in total. The van der Waals surface area contributed by atoms with Crippen LogP contribution in [0.4, 0.5) is 0 Å². The van der Waals surface area contributed by atoms with Crippen LogP contribution in [0.15, 0.2) is 29.3 Å². The van der Waals surface area contributed by atoms with Gasteiger partial charge < -0.3 is 19.9 Å². The number of aromatic nitrogens is 3. The Hall–Kier alpha value is -1.88. The average molecular weight is 570 g/mol. The molecule has 0 saturated carbocycles. The molecule has 1 aliphatic rings. The molecule has 0 bridgehead atoms. The maximum atomic E-state index is 5.25. The molecule has 1 aromatic heterocycles. The van der Waals surface area contributed by atoms with Gasteiger partial charge in [-0.15, -0.1) is 34.2 Å². The first-order chi connectivity index (χ1) is 15.4. The second-order valence-electron chi connectivity index (χ2n) is 9.13. The number of methoxy groups -OCH3 is 1. The van der Waals surface area contributed by atoms with Gasteiger partial charge in [-0.25, -0.2) is 4.99 Å². The summed E-state index contributed by atoms with van der Waals surface area (Å²) in [6.45, 7) is 11.0. The van der Waals surface area contributed by atoms with E-state index >= 15 is 0 Å². The number of piperidine rings is 1. The molecule has 184 valence electrons. The van der Waals surface area contributed by atoms with Crippen molar-refractivity contribution in [3.8, 4) is 5.75 Å². The van der Waals surface area contributed by atoms with Crippen molar-refractivity contribution < 1.29 is 4.74 Å². The van der Waals surface area contributed by atoms with Gasteiger partial charge in [0, 0.05) is 25.7 Å². The van der Waals surface area contributed by atoms with E-state index in [1.165, 1.54) is 37.9 Å². The molecular formula is C24H40IN7O. The minimum absolute atomic E-state index is 0. The van der Waals surface area contributed by atoms with Crippen molar-refractivity contribution in [3.63, 3.8) is 0 Å². The third-order valence-electron chi connectivity index (χ3n) is 6.33. The highest BCUT2D eigenvalue weighted by Gasteiger charge is 2.28. The van der Waals surface area contributed by atoms with Crippen LogP contribution in [0.2, 0.25) is 0 Å². The molecular weight excluding hydrogens is 529 g/mol. The van der Waals surface area contributed by atoms with Crippen LogP contribution >= 0.6 is 24.0 Å². The molecule has 0 atom stereocenters. The highest BCUT2D eigenvalue weighted by atomic mass is 127. The smallest absolute Gasteiger partial charge is 0.191 e. The van der Waals surface area contributed by atoms with E-state index < -0.39 is 0 Å². The fourth-order valence-electron chi connectivity index (χ4n) is 3.94. The zero-order valence-corrected chi connectivity index (χ0v) is 23.1. The normalized spacial score (nSPS) is 15.1. The number of halogens is 1. The second kappa shape index (κ2) is 13.1. The lowest BCUT2D eigenvalue weighted by Gasteiger charge is -2.41. The summed E-state index contributed by atoms with van der Waals surface area (Å²) >= 11 is 0. The van der Waals surface area contributed by atoms with Crippen LogP contribution in [0.25, 0.3) is 0 Å². The Morgan fingerprint density at radius 2 is 1.79 bits per heavy atom. The van der Waals surface area contributed by atoms with Gasteiger partial charge in [0.15, 0.2) is 11.8 Å². The zero-order valence-electron chi connectivity index (χ0n) is 20.7. The molecule has 33 heavy (non-hydrogen) atoms. The molecule has 0 amide bonds. The molecule has 1 saturated heterocycles. The van der Waals surface area contributed by atoms with Crippen LogP contribution < -0.4 is 15.4 Å². The quantitative estimate of drug-likeness (QED) is 0.274. The van der Waals surface area contributed by atoms with Crippen molar-refractivity contribution >= 4 is 29.9 Å². The first-order valence-corrected chi connectivity index (χ1v) is 11.6. The van der Waals surface area contributed by atoms with Crippen molar-refractivity contribution in [2.24, 2.45) is 12.0 Å². The largest absolute Gasteiger partial charge is 0.497 e. The highest BCUT2D eigenvalue weighted by Crippen LogP contribution is 2.19. The summed E-state index contributed by atoms with van der Waals surface area (Å²) in [6, 6.07) is 8.21. The van der Waals surface area contributed by atoms with Gasteiger partial charge in [0.2, 0.25) is 0 Å². The van der Waals surface area contributed by atoms with Gasteiger partial charge in [-0.1, -0.05) is 18.6 Å². The van der Waals surface area contributed by atoms with Crippen molar-refractivity contribution in [3.05, 3.63) is 41.5 Å². The Morgan fingerprint density at radius 1 is 1.09 bits per heavy atom. The zero-order chi connectivity index (χ0) is 23.0. The van der Waals surface area contributed by atoms with Crippen molar-refractivity contribution in [1.82, 2.24) is 30.3 Å². The number of hydrogen-bond donors (Lipinski definition) is 2. The number of aryl methyl sites for hydroxylation is 1. The Labute approximate surface area is 215 Å². The van der Waals surface area contributed by atoms with E-state index in [-0.39, 0.29) is 29.5 Å². The Morgan fingerprint density at radius 3 is 2.39 bits per heavy atom. The van der Waals surface area contributed by atoms with E-state index in [4.69, 9.17) is 9.73 Å². The summed E-state index contributed by atoms with van der Waals surface area (Å²) in [7, 11) is 3.67. The maximum absolute atomic E-state index is 5.25. The van der Waals surface area contributed by atoms with Crippen molar-refractivity contribution in [2.45, 2.75) is 58.5 Å². The van der Waals surface area contributed by atoms with Gasteiger partial charge in [-0.05, 0) is 70.8 Å². The van der Waals surface area contributed by atoms with Gasteiger partial charge in [0.1, 0.15) is 18.1 Å². The van der Waals surface area contributed by atoms with Gasteiger partial charge in [0.25, 0.3) is 0 Å². The first-order valence-electron chi connectivity index (χ1n) is 11.6. The lowest BCUT2D eigenvalue weighted by Crippen LogP contribution is -2.55. The molecule has 0 spiro atoms. The fraction of sp³-hybridized carbons (Fsp3) is 0.625. The van der Waals surface area contributed by atoms with Crippen LogP contribution in [0, 0.1) is 6.92 Å². The molecule has 1 aromatic carbocycles. The summed E-state index contributed by atoms with van der Waals surface area (Å²) in [6.07, 6.45) is 4.83. The number of aliphatic imine (C=N–C) groups is 1. The Bertz CT molecular complexity index is 873. The van der Waals surface area contributed by atoms with Crippen LogP contribution in [0.5, 0.6) is 5.75 Å². The first kappa shape index (κ1) is 27.4. The van der Waals surface area contributed by atoms with E-state index in [1.807, 2.05) is 30.7 Å². The van der Waals surface area contributed by atoms with Crippen molar-refractivity contribution in [1.29, 1.82) is 0 Å². The summed E-state index contributed by atoms with van der Waals surface area (Å²) in [5.41, 5.74) is 1.33. The number of benzene rings is 1. The second-order valence-corrected chi connectivity index (χ2v) is 9.13. The Balaban J connectivity index is 0.00000385. The van der Waals surface area contributed by atoms with Gasteiger partial charge in [-0.3, -0.25) is 4.90 Å². The lowest BCUT2D eigenvalue weighted by atomic mass is 9.98. The van der Waals surface area contributed by atoms with E-state index in [2.05, 4.69) is 51.7 Å². The SMILES string of the molecule is COc1ccc(CCNC(=NCc2nnc(C)n2C)NCC(C)(C)N2CCCCC2)cc1.I. The average Bonchev–Trinajstić information content (AvgIpc) is 3.13. The molecule has 0 aliphatic carbocycles. The molecule has 0 unspecified atom stereocenters. The molecule has 0 radical (unpaired) electrons. The summed E-state index contributed by atoms with van der Waals surface area (Å²) in [5, 5.41) is 15.5. The molecule has 2 aromatic rings. The summed E-state index contributed by atoms with van der Waals surface area (Å²) in [5.74, 6) is 3.44. The van der Waals surface area contributed by atoms with Gasteiger partial charge in [-0.2, -0.15) is 0 Å². The molecule has 1 fully saturated rings. The Kier molecular flexibility index (Phi) is 10.9. The molecule has 2 heterocycles. The molecule has 1 aliphatic heterocycles. The van der Waals surface area contributed by atoms with Crippen LogP contribution in [-0.4, -0.2) is 64.5 Å². The number of nitrogens with one attached hydrogen (secondary N) is 2. The van der Waals surface area contributed by atoms with E-state index in [0.717, 1.165) is 42.9 Å². The van der Waals surface area contributed by atoms with Crippen molar-refractivity contribution in [2.75, 3.05) is 33.3 Å². The number of ether oxygens (including phenoxy) is 1. The predicted molar refractivity (Wildman–Crippen MR) is 145 cm³/mol. The van der Waals surface area contributed by atoms with Crippen LogP contribution in [-0.2, 0) is 20.0 Å². The minimum atomic E-state index is 0. The van der Waals surface area contributed by atoms with Crippen LogP contribution in [0.1, 0.15) is 50.3 Å². The third-order valence-corrected chi connectivity index (χ3v) is 6.33. The predicted octanol–water partition coefficient (Wildman–Crippen LogP) is 3.29. The van der Waals surface area contributed by atoms with Crippen LogP contribution in [0.3, 0.4) is 0 Å². The van der Waals surface area contributed by atoms with E-state index in [1.54, 1.807) is 7.11 Å². The fourth-order valence-corrected chi connectivity index (χ4v) is 3.94. The number of nitrogens with zero attached hydrogens (tertiary/aromatic N) is 5. The van der Waals surface area contributed by atoms with Gasteiger partial charge in [0.05, 0.1) is 7.11 Å². The number of guanidine groups is 1. The van der Waals surface area contributed by atoms with Gasteiger partial charge >= 0.3 is 0 Å². The molecule has 3 rings (SSSR count). The highest BCUT2D eigenvalue weighted by molar-refractivity contribution is 14.0. The number of rotatable bonds is 9. The summed E-state index contributed by atoms with van der Waals surface area (Å²) < 4.78 is 7.23.